The van der Waals surface area contributed by atoms with E-state index in [0.29, 0.717) is 11.1 Å². The Balaban J connectivity index is 1.92. The molecule has 1 aromatic heterocycles. The van der Waals surface area contributed by atoms with Gasteiger partial charge in [-0.15, -0.1) is 0 Å². The molecule has 4 rings (SSSR count). The van der Waals surface area contributed by atoms with Gasteiger partial charge in [0.05, 0.1) is 24.1 Å². The number of nitrogens with one attached hydrogen (secondary N) is 1. The van der Waals surface area contributed by atoms with Crippen molar-refractivity contribution in [3.8, 4) is 34.0 Å². The number of hydroxylamine groups is 1. The first-order chi connectivity index (χ1) is 19.0. The van der Waals surface area contributed by atoms with E-state index < -0.39 is 40.3 Å². The van der Waals surface area contributed by atoms with Crippen LogP contribution in [0.15, 0.2) is 66.7 Å². The molecule has 1 N–H and O–H groups in total. The summed E-state index contributed by atoms with van der Waals surface area (Å²) in [5.74, 6) is -3.21. The van der Waals surface area contributed by atoms with Crippen LogP contribution in [0.3, 0.4) is 0 Å². The van der Waals surface area contributed by atoms with Crippen molar-refractivity contribution in [1.82, 2.24) is 15.4 Å². The molecule has 0 aliphatic carbocycles. The number of amides is 1. The van der Waals surface area contributed by atoms with Crippen LogP contribution in [0.2, 0.25) is 0 Å². The molecule has 8 nitrogen and oxygen atoms in total. The van der Waals surface area contributed by atoms with Crippen LogP contribution in [-0.4, -0.2) is 31.4 Å². The number of rotatable bonds is 8. The van der Waals surface area contributed by atoms with Crippen molar-refractivity contribution in [2.45, 2.75) is 18.9 Å². The topological polar surface area (TPSA) is 107 Å². The van der Waals surface area contributed by atoms with Crippen LogP contribution in [-0.2, 0) is 27.5 Å². The lowest BCUT2D eigenvalue weighted by molar-refractivity contribution is -0.145. The summed E-state index contributed by atoms with van der Waals surface area (Å²) < 4.78 is 83.7. The quantitative estimate of drug-likeness (QED) is 0.163. The van der Waals surface area contributed by atoms with Crippen LogP contribution in [0.4, 0.5) is 17.6 Å². The average Bonchev–Trinajstić information content (AvgIpc) is 2.90. The molecule has 1 amide bonds. The van der Waals surface area contributed by atoms with Crippen molar-refractivity contribution in [2.24, 2.45) is 0 Å². The first-order valence-electron chi connectivity index (χ1n) is 11.5. The smallest absolute Gasteiger partial charge is 0.438 e. The largest absolute Gasteiger partial charge is 0.451 e. The van der Waals surface area contributed by atoms with Crippen molar-refractivity contribution in [3.63, 3.8) is 0 Å². The summed E-state index contributed by atoms with van der Waals surface area (Å²) >= 11 is 0. The maximum atomic E-state index is 13.9. The minimum atomic E-state index is -4.95. The van der Waals surface area contributed by atoms with Gasteiger partial charge in [0.1, 0.15) is 22.3 Å². The van der Waals surface area contributed by atoms with Crippen molar-refractivity contribution >= 4 is 16.6 Å². The van der Waals surface area contributed by atoms with Crippen molar-refractivity contribution in [2.75, 3.05) is 7.11 Å². The van der Waals surface area contributed by atoms with Gasteiger partial charge < -0.3 is 4.74 Å². The highest BCUT2D eigenvalue weighted by atomic mass is 32.2. The third kappa shape index (κ3) is 6.61. The number of hydrogen-bond acceptors (Lipinski definition) is 7. The molecule has 3 aromatic carbocycles. The zero-order chi connectivity index (χ0) is 29.0. The predicted octanol–water partition coefficient (Wildman–Crippen LogP) is 5.47. The second-order valence-electron chi connectivity index (χ2n) is 8.49. The molecule has 0 unspecified atom stereocenters. The maximum Gasteiger partial charge on any atom is 0.451 e. The monoisotopic (exact) mass is 575 g/mol. The van der Waals surface area contributed by atoms with E-state index in [1.165, 1.54) is 61.7 Å². The fourth-order valence-corrected chi connectivity index (χ4v) is 4.31. The van der Waals surface area contributed by atoms with Crippen molar-refractivity contribution in [3.05, 3.63) is 95.1 Å². The first-order valence-corrected chi connectivity index (χ1v) is 12.9. The number of aromatic nitrogens is 2. The Labute approximate surface area is 227 Å². The van der Waals surface area contributed by atoms with Gasteiger partial charge in [0, 0.05) is 11.1 Å². The van der Waals surface area contributed by atoms with E-state index in [1.807, 2.05) is 0 Å². The summed E-state index contributed by atoms with van der Waals surface area (Å²) in [4.78, 5) is 24.2. The lowest BCUT2D eigenvalue weighted by Gasteiger charge is -2.18. The summed E-state index contributed by atoms with van der Waals surface area (Å²) in [6.07, 6.45) is -4.95. The molecule has 0 aliphatic rings. The number of ether oxygens (including phenoxy) is 1. The first kappa shape index (κ1) is 28.6. The van der Waals surface area contributed by atoms with Gasteiger partial charge in [-0.3, -0.25) is 9.63 Å². The van der Waals surface area contributed by atoms with Gasteiger partial charge in [-0.25, -0.2) is 23.3 Å². The van der Waals surface area contributed by atoms with Gasteiger partial charge >= 0.3 is 6.18 Å². The molecule has 0 radical (unpaired) electrons. The number of hydrogen-bond donors (Lipinski definition) is 2. The highest BCUT2D eigenvalue weighted by Gasteiger charge is 2.37. The summed E-state index contributed by atoms with van der Waals surface area (Å²) in [7, 11) is -1.45. The van der Waals surface area contributed by atoms with Gasteiger partial charge in [0.25, 0.3) is 5.91 Å². The summed E-state index contributed by atoms with van der Waals surface area (Å²) in [5, 5.41) is 0. The van der Waals surface area contributed by atoms with Crippen molar-refractivity contribution < 1.29 is 40.3 Å². The number of nitrogens with zero attached hydrogens (tertiary/aromatic N) is 2. The van der Waals surface area contributed by atoms with Gasteiger partial charge in [-0.1, -0.05) is 36.4 Å². The number of halogens is 4. The molecule has 0 aliphatic heterocycles. The van der Waals surface area contributed by atoms with Gasteiger partial charge in [-0.05, 0) is 53.9 Å². The average molecular weight is 576 g/mol. The Kier molecular flexibility index (Phi) is 8.45. The molecule has 208 valence electrons. The number of aryl methyl sites for hydroxylation is 1. The molecular formula is C27H21F4N3O5S. The minimum absolute atomic E-state index is 0.0382. The predicted molar refractivity (Wildman–Crippen MR) is 138 cm³/mol. The molecule has 0 atom stereocenters. The molecule has 0 bridgehead atoms. The Morgan fingerprint density at radius 1 is 0.950 bits per heavy atom. The fourth-order valence-electron chi connectivity index (χ4n) is 3.80. The fraction of sp³-hybridized carbons (Fsp3) is 0.148. The third-order valence-electron chi connectivity index (χ3n) is 5.64. The molecule has 40 heavy (non-hydrogen) atoms. The molecule has 0 fully saturated rings. The van der Waals surface area contributed by atoms with E-state index in [-0.39, 0.29) is 39.5 Å². The number of thiol groups is 1. The number of alkyl halides is 3. The third-order valence-corrected chi connectivity index (χ3v) is 6.26. The standard InChI is InChI=1S/C27H21F4N3O5S/c1-15-13-19(24(35)34-38-2)9-12-21(15)39-25-22(17-7-10-20(28)11-8-17)23(32-26(33-25)27(29,30)31)18-5-3-16(4-6-18)14-40(36)37/h3-13,40H,14H2,1-2H3,(H,34,35). The second kappa shape index (κ2) is 11.8. The zero-order valence-corrected chi connectivity index (χ0v) is 21.8. The Morgan fingerprint density at radius 2 is 1.60 bits per heavy atom. The molecule has 0 spiro atoms. The minimum Gasteiger partial charge on any atom is -0.438 e. The highest BCUT2D eigenvalue weighted by Crippen LogP contribution is 2.42. The molecule has 1 heterocycles. The van der Waals surface area contributed by atoms with E-state index in [0.717, 1.165) is 12.1 Å². The molecule has 0 saturated heterocycles. The molecule has 4 aromatic rings. The van der Waals surface area contributed by atoms with Crippen LogP contribution >= 0.6 is 0 Å². The van der Waals surface area contributed by atoms with Crippen LogP contribution in [0, 0.1) is 12.7 Å². The highest BCUT2D eigenvalue weighted by molar-refractivity contribution is 7.71. The van der Waals surface area contributed by atoms with E-state index in [4.69, 9.17) is 4.74 Å². The Bertz CT molecular complexity index is 1620. The number of carbonyl (C=O) groups excluding carboxylic acids is 1. The number of carbonyl (C=O) groups is 1. The molecule has 0 saturated carbocycles. The summed E-state index contributed by atoms with van der Waals surface area (Å²) in [5.41, 5.74) is 3.56. The Morgan fingerprint density at radius 3 is 2.17 bits per heavy atom. The number of benzene rings is 3. The second-order valence-corrected chi connectivity index (χ2v) is 9.47. The lowest BCUT2D eigenvalue weighted by Crippen LogP contribution is -2.21. The van der Waals surface area contributed by atoms with E-state index in [2.05, 4.69) is 20.3 Å². The van der Waals surface area contributed by atoms with Gasteiger partial charge in [0.15, 0.2) is 0 Å². The molecular weight excluding hydrogens is 554 g/mol. The van der Waals surface area contributed by atoms with Crippen LogP contribution in [0.1, 0.15) is 27.3 Å². The SMILES string of the molecule is CONC(=O)c1ccc(Oc2nc(C(F)(F)F)nc(-c3ccc(C[SH](=O)=O)cc3)c2-c2ccc(F)cc2)c(C)c1. The van der Waals surface area contributed by atoms with Crippen LogP contribution < -0.4 is 10.2 Å². The normalized spacial score (nSPS) is 11.5. The van der Waals surface area contributed by atoms with Gasteiger partial charge in [-0.2, -0.15) is 18.2 Å². The van der Waals surface area contributed by atoms with Crippen LogP contribution in [0.5, 0.6) is 11.6 Å². The summed E-state index contributed by atoms with van der Waals surface area (Å²) in [6, 6.07) is 15.0. The lowest BCUT2D eigenvalue weighted by atomic mass is 9.99. The zero-order valence-electron chi connectivity index (χ0n) is 21.0. The Hall–Kier alpha value is -4.36. The van der Waals surface area contributed by atoms with Crippen molar-refractivity contribution in [1.29, 1.82) is 0 Å². The summed E-state index contributed by atoms with van der Waals surface area (Å²) in [6.45, 7) is 1.59. The van der Waals surface area contributed by atoms with Gasteiger partial charge in [0.2, 0.25) is 11.7 Å². The maximum absolute atomic E-state index is 13.9. The van der Waals surface area contributed by atoms with Crippen LogP contribution in [0.25, 0.3) is 22.4 Å². The van der Waals surface area contributed by atoms with E-state index in [9.17, 15) is 30.8 Å². The molecule has 13 heteroatoms. The van der Waals surface area contributed by atoms with E-state index in [1.54, 1.807) is 6.92 Å². The van der Waals surface area contributed by atoms with E-state index >= 15 is 0 Å².